The van der Waals surface area contributed by atoms with Gasteiger partial charge in [-0.25, -0.2) is 13.1 Å². The van der Waals surface area contributed by atoms with Crippen molar-refractivity contribution in [2.75, 3.05) is 19.6 Å². The van der Waals surface area contributed by atoms with E-state index in [0.717, 1.165) is 0 Å². The summed E-state index contributed by atoms with van der Waals surface area (Å²) in [7, 11) is -3.65. The molecule has 156 valence electrons. The predicted octanol–water partition coefficient (Wildman–Crippen LogP) is 1.55. The summed E-state index contributed by atoms with van der Waals surface area (Å²) in [4.78, 5) is 24.4. The van der Waals surface area contributed by atoms with Crippen LogP contribution in [0.1, 0.15) is 39.6 Å². The zero-order chi connectivity index (χ0) is 21.4. The largest absolute Gasteiger partial charge is 0.508 e. The molecule has 0 heterocycles. The molecular formula is C20H25N3O5S. The molecule has 4 N–H and O–H groups in total. The number of carbonyl (C=O) groups is 2. The predicted molar refractivity (Wildman–Crippen MR) is 109 cm³/mol. The van der Waals surface area contributed by atoms with Gasteiger partial charge in [-0.1, -0.05) is 19.1 Å². The number of phenolic OH excluding ortho intramolecular Hbond substituents is 1. The van der Waals surface area contributed by atoms with Crippen molar-refractivity contribution in [1.82, 2.24) is 15.4 Å². The van der Waals surface area contributed by atoms with Crippen LogP contribution in [0, 0.1) is 6.92 Å². The van der Waals surface area contributed by atoms with E-state index in [2.05, 4.69) is 15.4 Å². The van der Waals surface area contributed by atoms with Crippen molar-refractivity contribution < 1.29 is 23.1 Å². The van der Waals surface area contributed by atoms with E-state index in [1.807, 2.05) is 0 Å². The number of aromatic hydroxyl groups is 1. The highest BCUT2D eigenvalue weighted by atomic mass is 32.2. The molecule has 0 aliphatic heterocycles. The Balaban J connectivity index is 1.87. The molecule has 0 aliphatic rings. The molecule has 0 radical (unpaired) electrons. The van der Waals surface area contributed by atoms with Crippen LogP contribution in [0.2, 0.25) is 0 Å². The maximum absolute atomic E-state index is 12.4. The van der Waals surface area contributed by atoms with Gasteiger partial charge < -0.3 is 15.7 Å². The Kier molecular flexibility index (Phi) is 7.74. The van der Waals surface area contributed by atoms with Crippen LogP contribution in [-0.4, -0.2) is 45.0 Å². The summed E-state index contributed by atoms with van der Waals surface area (Å²) in [5.41, 5.74) is 1.30. The first-order valence-corrected chi connectivity index (χ1v) is 10.7. The third kappa shape index (κ3) is 6.30. The van der Waals surface area contributed by atoms with E-state index in [1.54, 1.807) is 32.0 Å². The minimum absolute atomic E-state index is 0.0127. The zero-order valence-corrected chi connectivity index (χ0v) is 17.2. The first-order valence-electron chi connectivity index (χ1n) is 9.20. The Hall–Kier alpha value is -2.91. The molecule has 2 amide bonds. The molecule has 0 saturated heterocycles. The van der Waals surface area contributed by atoms with Crippen LogP contribution in [0.4, 0.5) is 0 Å². The molecule has 0 aliphatic carbocycles. The highest BCUT2D eigenvalue weighted by Crippen LogP contribution is 2.15. The van der Waals surface area contributed by atoms with Crippen LogP contribution >= 0.6 is 0 Å². The van der Waals surface area contributed by atoms with Crippen molar-refractivity contribution in [3.63, 3.8) is 0 Å². The third-order valence-corrected chi connectivity index (χ3v) is 5.67. The van der Waals surface area contributed by atoms with Gasteiger partial charge in [0.05, 0.1) is 4.90 Å². The van der Waals surface area contributed by atoms with E-state index in [-0.39, 0.29) is 34.6 Å². The molecule has 0 spiro atoms. The van der Waals surface area contributed by atoms with E-state index in [1.165, 1.54) is 24.3 Å². The quantitative estimate of drug-likeness (QED) is 0.459. The van der Waals surface area contributed by atoms with Gasteiger partial charge in [0.15, 0.2) is 0 Å². The molecule has 9 heteroatoms. The van der Waals surface area contributed by atoms with Gasteiger partial charge in [0.25, 0.3) is 11.8 Å². The number of phenols is 1. The zero-order valence-electron chi connectivity index (χ0n) is 16.4. The van der Waals surface area contributed by atoms with Crippen molar-refractivity contribution in [3.8, 4) is 5.75 Å². The van der Waals surface area contributed by atoms with Crippen molar-refractivity contribution in [2.45, 2.75) is 25.2 Å². The van der Waals surface area contributed by atoms with E-state index in [9.17, 15) is 23.1 Å². The summed E-state index contributed by atoms with van der Waals surface area (Å²) in [6.45, 7) is 4.31. The fourth-order valence-electron chi connectivity index (χ4n) is 2.62. The molecule has 8 nitrogen and oxygen atoms in total. The van der Waals surface area contributed by atoms with E-state index in [0.29, 0.717) is 30.6 Å². The summed E-state index contributed by atoms with van der Waals surface area (Å²) >= 11 is 0. The Bertz CT molecular complexity index is 989. The number of amides is 2. The van der Waals surface area contributed by atoms with Crippen molar-refractivity contribution in [3.05, 3.63) is 59.2 Å². The Morgan fingerprint density at radius 1 is 1.00 bits per heavy atom. The molecule has 0 bridgehead atoms. The molecule has 2 rings (SSSR count). The maximum atomic E-state index is 12.4. The molecule has 29 heavy (non-hydrogen) atoms. The van der Waals surface area contributed by atoms with Crippen LogP contribution in [0.15, 0.2) is 47.4 Å². The van der Waals surface area contributed by atoms with Crippen molar-refractivity contribution >= 4 is 21.8 Å². The van der Waals surface area contributed by atoms with Crippen LogP contribution < -0.4 is 15.4 Å². The monoisotopic (exact) mass is 419 g/mol. The molecule has 2 aromatic carbocycles. The molecule has 0 saturated carbocycles. The molecule has 0 fully saturated rings. The lowest BCUT2D eigenvalue weighted by Crippen LogP contribution is -2.30. The first kappa shape index (κ1) is 22.4. The fraction of sp³-hybridized carbons (Fsp3) is 0.300. The van der Waals surface area contributed by atoms with Gasteiger partial charge in [-0.2, -0.15) is 0 Å². The standard InChI is InChI=1S/C20H25N3O5S/c1-3-23-29(27,28)17-9-8-14(2)18(13-17)20(26)22-11-5-10-21-19(25)15-6-4-7-16(24)12-15/h4,6-9,12-13,23-24H,3,5,10-11H2,1-2H3,(H,21,25)(H,22,26). The number of nitrogens with one attached hydrogen (secondary N) is 3. The van der Waals surface area contributed by atoms with Crippen molar-refractivity contribution in [2.24, 2.45) is 0 Å². The number of sulfonamides is 1. The molecule has 0 aromatic heterocycles. The SMILES string of the molecule is CCNS(=O)(=O)c1ccc(C)c(C(=O)NCCCNC(=O)c2cccc(O)c2)c1. The lowest BCUT2D eigenvalue weighted by Gasteiger charge is -2.11. The Morgan fingerprint density at radius 3 is 2.34 bits per heavy atom. The van der Waals surface area contributed by atoms with Gasteiger partial charge >= 0.3 is 0 Å². The van der Waals surface area contributed by atoms with E-state index in [4.69, 9.17) is 0 Å². The summed E-state index contributed by atoms with van der Waals surface area (Å²) < 4.78 is 26.6. The van der Waals surface area contributed by atoms with E-state index < -0.39 is 10.0 Å². The van der Waals surface area contributed by atoms with Gasteiger partial charge in [0.2, 0.25) is 10.0 Å². The van der Waals surface area contributed by atoms with Crippen LogP contribution in [-0.2, 0) is 10.0 Å². The second kappa shape index (κ2) is 10.0. The van der Waals surface area contributed by atoms with Gasteiger partial charge in [-0.15, -0.1) is 0 Å². The van der Waals surface area contributed by atoms with Crippen molar-refractivity contribution in [1.29, 1.82) is 0 Å². The molecule has 0 unspecified atom stereocenters. The second-order valence-corrected chi connectivity index (χ2v) is 8.16. The molecule has 2 aromatic rings. The number of carbonyl (C=O) groups excluding carboxylic acids is 2. The Labute approximate surface area is 170 Å². The smallest absolute Gasteiger partial charge is 0.251 e. The topological polar surface area (TPSA) is 125 Å². The molecular weight excluding hydrogens is 394 g/mol. The minimum Gasteiger partial charge on any atom is -0.508 e. The van der Waals surface area contributed by atoms with Gasteiger partial charge in [-0.3, -0.25) is 9.59 Å². The number of aryl methyl sites for hydroxylation is 1. The normalized spacial score (nSPS) is 11.1. The van der Waals surface area contributed by atoms with Gasteiger partial charge in [0, 0.05) is 30.8 Å². The number of rotatable bonds is 9. The summed E-state index contributed by atoms with van der Waals surface area (Å²) in [5.74, 6) is -0.682. The van der Waals surface area contributed by atoms with Crippen LogP contribution in [0.5, 0.6) is 5.75 Å². The summed E-state index contributed by atoms with van der Waals surface area (Å²) in [6, 6.07) is 10.4. The fourth-order valence-corrected chi connectivity index (χ4v) is 3.69. The van der Waals surface area contributed by atoms with Crippen LogP contribution in [0.3, 0.4) is 0 Å². The molecule has 0 atom stereocenters. The third-order valence-electron chi connectivity index (χ3n) is 4.13. The number of hydrogen-bond donors (Lipinski definition) is 4. The highest BCUT2D eigenvalue weighted by Gasteiger charge is 2.17. The lowest BCUT2D eigenvalue weighted by molar-refractivity contribution is 0.0951. The van der Waals surface area contributed by atoms with Gasteiger partial charge in [-0.05, 0) is 49.2 Å². The van der Waals surface area contributed by atoms with E-state index >= 15 is 0 Å². The summed E-state index contributed by atoms with van der Waals surface area (Å²) in [6.07, 6.45) is 0.491. The Morgan fingerprint density at radius 2 is 1.69 bits per heavy atom. The minimum atomic E-state index is -3.65. The van der Waals surface area contributed by atoms with Crippen LogP contribution in [0.25, 0.3) is 0 Å². The number of benzene rings is 2. The second-order valence-electron chi connectivity index (χ2n) is 6.39. The average Bonchev–Trinajstić information content (AvgIpc) is 2.67. The van der Waals surface area contributed by atoms with Gasteiger partial charge in [0.1, 0.15) is 5.75 Å². The number of hydrogen-bond acceptors (Lipinski definition) is 5. The maximum Gasteiger partial charge on any atom is 0.251 e. The lowest BCUT2D eigenvalue weighted by atomic mass is 10.1. The first-order chi connectivity index (χ1) is 13.7. The summed E-state index contributed by atoms with van der Waals surface area (Å²) in [5, 5.41) is 14.8. The highest BCUT2D eigenvalue weighted by molar-refractivity contribution is 7.89. The average molecular weight is 420 g/mol.